The van der Waals surface area contributed by atoms with Crippen LogP contribution in [0, 0.1) is 5.92 Å². The van der Waals surface area contributed by atoms with E-state index in [1.807, 2.05) is 24.3 Å². The van der Waals surface area contributed by atoms with Gasteiger partial charge in [0.15, 0.2) is 6.61 Å². The van der Waals surface area contributed by atoms with E-state index in [4.69, 9.17) is 9.47 Å². The monoisotopic (exact) mass is 293 g/mol. The van der Waals surface area contributed by atoms with Crippen molar-refractivity contribution in [1.82, 2.24) is 5.32 Å². The number of carbonyl (C=O) groups is 1. The fourth-order valence-electron chi connectivity index (χ4n) is 1.74. The summed E-state index contributed by atoms with van der Waals surface area (Å²) in [5.74, 6) is 1.17. The standard InChI is InChI=1S/C17H27NO3/c1-4-15-6-8-16(9-7-15)21-13-17(19)18-10-5-11-20-12-14(2)3/h6-9,14H,4-5,10-13H2,1-3H3,(H,18,19). The molecule has 1 N–H and O–H groups in total. The van der Waals surface area contributed by atoms with Crippen LogP contribution in [0.4, 0.5) is 0 Å². The lowest BCUT2D eigenvalue weighted by Crippen LogP contribution is -2.30. The normalized spacial score (nSPS) is 10.7. The summed E-state index contributed by atoms with van der Waals surface area (Å²) in [5.41, 5.74) is 1.26. The number of aryl methyl sites for hydroxylation is 1. The van der Waals surface area contributed by atoms with Gasteiger partial charge in [-0.05, 0) is 36.5 Å². The van der Waals surface area contributed by atoms with Crippen molar-refractivity contribution in [1.29, 1.82) is 0 Å². The van der Waals surface area contributed by atoms with Crippen LogP contribution in [0.1, 0.15) is 32.8 Å². The predicted octanol–water partition coefficient (Wildman–Crippen LogP) is 2.81. The molecule has 1 aromatic carbocycles. The van der Waals surface area contributed by atoms with Gasteiger partial charge in [-0.2, -0.15) is 0 Å². The maximum absolute atomic E-state index is 11.6. The average Bonchev–Trinajstić information content (AvgIpc) is 2.49. The van der Waals surface area contributed by atoms with Gasteiger partial charge >= 0.3 is 0 Å². The Labute approximate surface area is 127 Å². The number of rotatable bonds is 10. The zero-order chi connectivity index (χ0) is 15.5. The van der Waals surface area contributed by atoms with E-state index >= 15 is 0 Å². The minimum absolute atomic E-state index is 0.0539. The number of amides is 1. The molecule has 0 fully saturated rings. The molecule has 1 aromatic rings. The predicted molar refractivity (Wildman–Crippen MR) is 84.6 cm³/mol. The smallest absolute Gasteiger partial charge is 0.257 e. The molecule has 0 atom stereocenters. The molecule has 0 aliphatic carbocycles. The molecular weight excluding hydrogens is 266 g/mol. The van der Waals surface area contributed by atoms with Crippen LogP contribution >= 0.6 is 0 Å². The van der Waals surface area contributed by atoms with Crippen LogP contribution in [0.2, 0.25) is 0 Å². The van der Waals surface area contributed by atoms with Gasteiger partial charge in [0.25, 0.3) is 5.91 Å². The van der Waals surface area contributed by atoms with Crippen molar-refractivity contribution in [3.8, 4) is 5.75 Å². The van der Waals surface area contributed by atoms with Gasteiger partial charge in [-0.3, -0.25) is 4.79 Å². The third-order valence-electron chi connectivity index (χ3n) is 2.94. The maximum atomic E-state index is 11.6. The molecule has 0 aliphatic heterocycles. The van der Waals surface area contributed by atoms with Crippen molar-refractivity contribution in [3.05, 3.63) is 29.8 Å². The summed E-state index contributed by atoms with van der Waals surface area (Å²) >= 11 is 0. The molecule has 118 valence electrons. The summed E-state index contributed by atoms with van der Waals surface area (Å²) in [5, 5.41) is 2.82. The van der Waals surface area contributed by atoms with E-state index in [1.54, 1.807) is 0 Å². The van der Waals surface area contributed by atoms with Gasteiger partial charge < -0.3 is 14.8 Å². The SMILES string of the molecule is CCc1ccc(OCC(=O)NCCCOCC(C)C)cc1. The van der Waals surface area contributed by atoms with Crippen LogP contribution in [0.5, 0.6) is 5.75 Å². The molecule has 0 aromatic heterocycles. The van der Waals surface area contributed by atoms with Gasteiger partial charge in [-0.15, -0.1) is 0 Å². The number of benzene rings is 1. The molecular formula is C17H27NO3. The molecule has 0 bridgehead atoms. The molecule has 0 saturated carbocycles. The highest BCUT2D eigenvalue weighted by molar-refractivity contribution is 5.77. The summed E-state index contributed by atoms with van der Waals surface area (Å²) in [6, 6.07) is 7.82. The van der Waals surface area contributed by atoms with Crippen molar-refractivity contribution in [3.63, 3.8) is 0 Å². The Morgan fingerprint density at radius 2 is 1.95 bits per heavy atom. The number of hydrogen-bond acceptors (Lipinski definition) is 3. The van der Waals surface area contributed by atoms with Crippen LogP contribution in [0.15, 0.2) is 24.3 Å². The first-order valence-corrected chi connectivity index (χ1v) is 7.68. The second kappa shape index (κ2) is 10.2. The lowest BCUT2D eigenvalue weighted by molar-refractivity contribution is -0.123. The highest BCUT2D eigenvalue weighted by Gasteiger charge is 2.02. The van der Waals surface area contributed by atoms with E-state index in [9.17, 15) is 4.79 Å². The van der Waals surface area contributed by atoms with Crippen molar-refractivity contribution in [2.75, 3.05) is 26.4 Å². The van der Waals surface area contributed by atoms with Gasteiger partial charge in [0.05, 0.1) is 0 Å². The summed E-state index contributed by atoms with van der Waals surface area (Å²) in [6.07, 6.45) is 1.82. The van der Waals surface area contributed by atoms with Gasteiger partial charge in [0, 0.05) is 19.8 Å². The van der Waals surface area contributed by atoms with Crippen molar-refractivity contribution in [2.24, 2.45) is 5.92 Å². The van der Waals surface area contributed by atoms with E-state index in [0.717, 1.165) is 25.2 Å². The quantitative estimate of drug-likeness (QED) is 0.675. The van der Waals surface area contributed by atoms with Gasteiger partial charge in [-0.1, -0.05) is 32.9 Å². The number of hydrogen-bond donors (Lipinski definition) is 1. The molecule has 4 nitrogen and oxygen atoms in total. The first kappa shape index (κ1) is 17.5. The zero-order valence-electron chi connectivity index (χ0n) is 13.4. The van der Waals surface area contributed by atoms with E-state index in [2.05, 4.69) is 26.1 Å². The van der Waals surface area contributed by atoms with Gasteiger partial charge in [0.1, 0.15) is 5.75 Å². The Kier molecular flexibility index (Phi) is 8.51. The minimum Gasteiger partial charge on any atom is -0.484 e. The lowest BCUT2D eigenvalue weighted by Gasteiger charge is -2.09. The molecule has 1 amide bonds. The second-order valence-corrected chi connectivity index (χ2v) is 5.46. The Morgan fingerprint density at radius 1 is 1.24 bits per heavy atom. The highest BCUT2D eigenvalue weighted by Crippen LogP contribution is 2.12. The molecule has 0 unspecified atom stereocenters. The summed E-state index contributed by atoms with van der Waals surface area (Å²) < 4.78 is 10.9. The van der Waals surface area contributed by atoms with Gasteiger partial charge in [0.2, 0.25) is 0 Å². The molecule has 21 heavy (non-hydrogen) atoms. The zero-order valence-corrected chi connectivity index (χ0v) is 13.4. The molecule has 4 heteroatoms. The van der Waals surface area contributed by atoms with Crippen molar-refractivity contribution >= 4 is 5.91 Å². The second-order valence-electron chi connectivity index (χ2n) is 5.46. The van der Waals surface area contributed by atoms with Crippen LogP contribution in [-0.4, -0.2) is 32.3 Å². The fraction of sp³-hybridized carbons (Fsp3) is 0.588. The molecule has 0 spiro atoms. The Bertz CT molecular complexity index is 401. The number of ether oxygens (including phenoxy) is 2. The Hall–Kier alpha value is -1.55. The summed E-state index contributed by atoms with van der Waals surface area (Å²) in [6.45, 7) is 8.46. The average molecular weight is 293 g/mol. The van der Waals surface area contributed by atoms with E-state index in [-0.39, 0.29) is 12.5 Å². The largest absolute Gasteiger partial charge is 0.484 e. The molecule has 1 rings (SSSR count). The van der Waals surface area contributed by atoms with E-state index in [1.165, 1.54) is 5.56 Å². The van der Waals surface area contributed by atoms with E-state index < -0.39 is 0 Å². The van der Waals surface area contributed by atoms with Crippen molar-refractivity contribution in [2.45, 2.75) is 33.6 Å². The first-order chi connectivity index (χ1) is 10.1. The van der Waals surface area contributed by atoms with Gasteiger partial charge in [-0.25, -0.2) is 0 Å². The van der Waals surface area contributed by atoms with Crippen molar-refractivity contribution < 1.29 is 14.3 Å². The minimum atomic E-state index is -0.0987. The molecule has 0 saturated heterocycles. The molecule has 0 heterocycles. The van der Waals surface area contributed by atoms with Crippen LogP contribution in [-0.2, 0) is 16.0 Å². The summed E-state index contributed by atoms with van der Waals surface area (Å²) in [4.78, 5) is 11.6. The van der Waals surface area contributed by atoms with Crippen LogP contribution in [0.3, 0.4) is 0 Å². The first-order valence-electron chi connectivity index (χ1n) is 7.68. The maximum Gasteiger partial charge on any atom is 0.257 e. The lowest BCUT2D eigenvalue weighted by atomic mass is 10.2. The van der Waals surface area contributed by atoms with Crippen LogP contribution < -0.4 is 10.1 Å². The molecule has 0 radical (unpaired) electrons. The third-order valence-corrected chi connectivity index (χ3v) is 2.94. The molecule has 0 aliphatic rings. The highest BCUT2D eigenvalue weighted by atomic mass is 16.5. The van der Waals surface area contributed by atoms with E-state index in [0.29, 0.717) is 19.1 Å². The fourth-order valence-corrected chi connectivity index (χ4v) is 1.74. The Balaban J connectivity index is 2.08. The Morgan fingerprint density at radius 3 is 2.57 bits per heavy atom. The van der Waals surface area contributed by atoms with Crippen LogP contribution in [0.25, 0.3) is 0 Å². The number of carbonyl (C=O) groups excluding carboxylic acids is 1. The summed E-state index contributed by atoms with van der Waals surface area (Å²) in [7, 11) is 0. The topological polar surface area (TPSA) is 47.6 Å². The number of nitrogens with one attached hydrogen (secondary N) is 1. The third kappa shape index (κ3) is 8.35.